The van der Waals surface area contributed by atoms with Crippen LogP contribution in [0.15, 0.2) is 12.1 Å². The smallest absolute Gasteiger partial charge is 0.283 e. The minimum atomic E-state index is -4.98. The summed E-state index contributed by atoms with van der Waals surface area (Å²) in [6.07, 6.45) is -4.98. The zero-order chi connectivity index (χ0) is 13.9. The molecular weight excluding hydrogens is 273 g/mol. The highest BCUT2D eigenvalue weighted by atomic mass is 32.1. The molecule has 2 amide bonds. The van der Waals surface area contributed by atoms with E-state index in [0.29, 0.717) is 11.3 Å². The van der Waals surface area contributed by atoms with Gasteiger partial charge in [0.25, 0.3) is 11.7 Å². The molecule has 0 radical (unpaired) electrons. The molecule has 0 bridgehead atoms. The van der Waals surface area contributed by atoms with E-state index in [1.807, 2.05) is 10.9 Å². The van der Waals surface area contributed by atoms with Crippen LogP contribution in [-0.2, 0) is 4.79 Å². The molecule has 5 nitrogen and oxygen atoms in total. The van der Waals surface area contributed by atoms with Crippen LogP contribution in [0.5, 0.6) is 0 Å². The zero-order valence-electron chi connectivity index (χ0n) is 8.92. The SMILES string of the molecule is CC(=O)NNC(=O)c1ccc(C(=O)C(F)(F)F)s1. The van der Waals surface area contributed by atoms with Gasteiger partial charge in [0, 0.05) is 6.92 Å². The highest BCUT2D eigenvalue weighted by Crippen LogP contribution is 2.26. The molecule has 98 valence electrons. The van der Waals surface area contributed by atoms with Crippen LogP contribution in [0, 0.1) is 0 Å². The molecule has 0 aliphatic rings. The van der Waals surface area contributed by atoms with Crippen LogP contribution in [0.25, 0.3) is 0 Å². The Morgan fingerprint density at radius 1 is 1.11 bits per heavy atom. The first-order chi connectivity index (χ1) is 8.21. The van der Waals surface area contributed by atoms with Crippen LogP contribution in [0.4, 0.5) is 13.2 Å². The van der Waals surface area contributed by atoms with E-state index < -0.39 is 28.7 Å². The molecular formula is C9H7F3N2O3S. The molecule has 0 fully saturated rings. The summed E-state index contributed by atoms with van der Waals surface area (Å²) in [6, 6.07) is 1.98. The molecule has 1 aromatic rings. The van der Waals surface area contributed by atoms with Crippen LogP contribution in [0.1, 0.15) is 26.3 Å². The lowest BCUT2D eigenvalue weighted by molar-refractivity contribution is -0.119. The number of halogens is 3. The minimum Gasteiger partial charge on any atom is -0.283 e. The molecule has 0 aliphatic carbocycles. The molecule has 0 aliphatic heterocycles. The average Bonchev–Trinajstić information content (AvgIpc) is 2.72. The van der Waals surface area contributed by atoms with Crippen molar-refractivity contribution < 1.29 is 27.6 Å². The fraction of sp³-hybridized carbons (Fsp3) is 0.222. The molecule has 18 heavy (non-hydrogen) atoms. The maximum Gasteiger partial charge on any atom is 0.455 e. The fourth-order valence-electron chi connectivity index (χ4n) is 0.928. The first-order valence-corrected chi connectivity index (χ1v) is 5.31. The number of carbonyl (C=O) groups is 3. The van der Waals surface area contributed by atoms with Crippen LogP contribution < -0.4 is 10.9 Å². The van der Waals surface area contributed by atoms with Crippen LogP contribution in [0.3, 0.4) is 0 Å². The molecule has 0 atom stereocenters. The summed E-state index contributed by atoms with van der Waals surface area (Å²) < 4.78 is 36.3. The molecule has 0 unspecified atom stereocenters. The molecule has 2 N–H and O–H groups in total. The highest BCUT2D eigenvalue weighted by molar-refractivity contribution is 7.16. The van der Waals surface area contributed by atoms with Gasteiger partial charge in [-0.05, 0) is 12.1 Å². The first-order valence-electron chi connectivity index (χ1n) is 4.50. The fourth-order valence-corrected chi connectivity index (χ4v) is 1.79. The van der Waals surface area contributed by atoms with Gasteiger partial charge in [0.15, 0.2) is 0 Å². The van der Waals surface area contributed by atoms with Gasteiger partial charge < -0.3 is 0 Å². The standard InChI is InChI=1S/C9H7F3N2O3S/c1-4(15)13-14-8(17)6-3-2-5(18-6)7(16)9(10,11)12/h2-3H,1H3,(H,13,15)(H,14,17). The Bertz CT molecular complexity index is 495. The van der Waals surface area contributed by atoms with Gasteiger partial charge >= 0.3 is 6.18 Å². The third-order valence-corrected chi connectivity index (χ3v) is 2.75. The highest BCUT2D eigenvalue weighted by Gasteiger charge is 2.40. The predicted molar refractivity (Wildman–Crippen MR) is 56.0 cm³/mol. The number of Topliss-reactive ketones (excluding diaryl/α,β-unsaturated/α-hetero) is 1. The number of hydrogen-bond acceptors (Lipinski definition) is 4. The number of carbonyl (C=O) groups excluding carboxylic acids is 3. The Labute approximate surface area is 103 Å². The van der Waals surface area contributed by atoms with Crippen LogP contribution in [0.2, 0.25) is 0 Å². The minimum absolute atomic E-state index is 0.114. The Hall–Kier alpha value is -1.90. The lowest BCUT2D eigenvalue weighted by Crippen LogP contribution is -2.39. The van der Waals surface area contributed by atoms with Crippen molar-refractivity contribution >= 4 is 28.9 Å². The Morgan fingerprint density at radius 2 is 1.67 bits per heavy atom. The monoisotopic (exact) mass is 280 g/mol. The number of hydrazine groups is 1. The summed E-state index contributed by atoms with van der Waals surface area (Å²) in [5.74, 6) is -3.34. The predicted octanol–water partition coefficient (Wildman–Crippen LogP) is 1.27. The van der Waals surface area contributed by atoms with E-state index in [4.69, 9.17) is 0 Å². The van der Waals surface area contributed by atoms with Crippen molar-refractivity contribution in [3.05, 3.63) is 21.9 Å². The van der Waals surface area contributed by atoms with Crippen molar-refractivity contribution in [2.45, 2.75) is 13.1 Å². The Balaban J connectivity index is 2.78. The van der Waals surface area contributed by atoms with Gasteiger partial charge in [-0.25, -0.2) is 0 Å². The molecule has 0 spiro atoms. The van der Waals surface area contributed by atoms with Gasteiger partial charge in [-0.1, -0.05) is 0 Å². The van der Waals surface area contributed by atoms with E-state index in [1.54, 1.807) is 0 Å². The second-order valence-corrected chi connectivity index (χ2v) is 4.21. The van der Waals surface area contributed by atoms with Crippen molar-refractivity contribution in [3.63, 3.8) is 0 Å². The average molecular weight is 280 g/mol. The number of nitrogens with one attached hydrogen (secondary N) is 2. The largest absolute Gasteiger partial charge is 0.455 e. The lowest BCUT2D eigenvalue weighted by atomic mass is 10.3. The number of ketones is 1. The second kappa shape index (κ2) is 5.17. The van der Waals surface area contributed by atoms with Crippen LogP contribution in [-0.4, -0.2) is 23.8 Å². The molecule has 0 saturated carbocycles. The summed E-state index contributed by atoms with van der Waals surface area (Å²) >= 11 is 0.395. The van der Waals surface area contributed by atoms with E-state index >= 15 is 0 Å². The molecule has 1 aromatic heterocycles. The maximum absolute atomic E-state index is 12.1. The number of alkyl halides is 3. The van der Waals surface area contributed by atoms with Crippen molar-refractivity contribution in [2.24, 2.45) is 0 Å². The normalized spacial score (nSPS) is 10.9. The van der Waals surface area contributed by atoms with Crippen molar-refractivity contribution in [3.8, 4) is 0 Å². The molecule has 0 aromatic carbocycles. The molecule has 1 rings (SSSR count). The molecule has 9 heteroatoms. The van der Waals surface area contributed by atoms with E-state index in [9.17, 15) is 27.6 Å². The Kier molecular flexibility index (Phi) is 4.07. The summed E-state index contributed by atoms with van der Waals surface area (Å²) in [6.45, 7) is 1.15. The topological polar surface area (TPSA) is 75.3 Å². The van der Waals surface area contributed by atoms with E-state index in [1.165, 1.54) is 0 Å². The summed E-state index contributed by atoms with van der Waals surface area (Å²) in [5, 5.41) is 0. The molecule has 1 heterocycles. The summed E-state index contributed by atoms with van der Waals surface area (Å²) in [5.41, 5.74) is 3.94. The maximum atomic E-state index is 12.1. The Morgan fingerprint density at radius 3 is 2.17 bits per heavy atom. The summed E-state index contributed by atoms with van der Waals surface area (Å²) in [4.78, 5) is 32.0. The first kappa shape index (κ1) is 14.2. The van der Waals surface area contributed by atoms with Gasteiger partial charge in [-0.15, -0.1) is 11.3 Å². The third kappa shape index (κ3) is 3.55. The van der Waals surface area contributed by atoms with Crippen LogP contribution >= 0.6 is 11.3 Å². The van der Waals surface area contributed by atoms with Crippen molar-refractivity contribution in [1.29, 1.82) is 0 Å². The summed E-state index contributed by atoms with van der Waals surface area (Å²) in [7, 11) is 0. The van der Waals surface area contributed by atoms with Gasteiger partial charge in [0.1, 0.15) is 0 Å². The van der Waals surface area contributed by atoms with Gasteiger partial charge in [-0.3, -0.25) is 25.2 Å². The van der Waals surface area contributed by atoms with Gasteiger partial charge in [0.05, 0.1) is 9.75 Å². The lowest BCUT2D eigenvalue weighted by Gasteiger charge is -2.03. The molecule has 0 saturated heterocycles. The third-order valence-electron chi connectivity index (χ3n) is 1.66. The number of thiophene rings is 1. The van der Waals surface area contributed by atoms with E-state index in [0.717, 1.165) is 19.1 Å². The van der Waals surface area contributed by atoms with E-state index in [2.05, 4.69) is 0 Å². The quantitative estimate of drug-likeness (QED) is 0.633. The second-order valence-electron chi connectivity index (χ2n) is 3.13. The number of amides is 2. The number of rotatable bonds is 2. The van der Waals surface area contributed by atoms with E-state index in [-0.39, 0.29) is 4.88 Å². The number of hydrogen-bond donors (Lipinski definition) is 2. The van der Waals surface area contributed by atoms with Gasteiger partial charge in [0.2, 0.25) is 5.91 Å². The van der Waals surface area contributed by atoms with Gasteiger partial charge in [-0.2, -0.15) is 13.2 Å². The van der Waals surface area contributed by atoms with Crippen molar-refractivity contribution in [1.82, 2.24) is 10.9 Å². The van der Waals surface area contributed by atoms with Crippen molar-refractivity contribution in [2.75, 3.05) is 0 Å². The zero-order valence-corrected chi connectivity index (χ0v) is 9.74.